The van der Waals surface area contributed by atoms with Crippen LogP contribution in [0.3, 0.4) is 0 Å². The molecule has 142 valence electrons. The van der Waals surface area contributed by atoms with Crippen LogP contribution in [0.25, 0.3) is 21.1 Å². The van der Waals surface area contributed by atoms with Crippen LogP contribution in [0.4, 0.5) is 22.7 Å². The van der Waals surface area contributed by atoms with Crippen LogP contribution in [0.15, 0.2) is 47.4 Å². The lowest BCUT2D eigenvalue weighted by Crippen LogP contribution is -2.22. The van der Waals surface area contributed by atoms with Crippen molar-refractivity contribution in [2.75, 3.05) is 5.32 Å². The van der Waals surface area contributed by atoms with E-state index in [2.05, 4.69) is 15.3 Å². The van der Waals surface area contributed by atoms with E-state index >= 15 is 0 Å². The van der Waals surface area contributed by atoms with Gasteiger partial charge in [0, 0.05) is 11.6 Å². The highest BCUT2D eigenvalue weighted by Gasteiger charge is 2.33. The Labute approximate surface area is 157 Å². The van der Waals surface area contributed by atoms with Crippen LogP contribution in [0, 0.1) is 5.82 Å². The molecule has 0 saturated heterocycles. The summed E-state index contributed by atoms with van der Waals surface area (Å²) in [6, 6.07) is 7.07. The summed E-state index contributed by atoms with van der Waals surface area (Å²) in [5.74, 6) is -1.29. The number of hydrogen-bond donors (Lipinski definition) is 2. The molecule has 0 saturated carbocycles. The Bertz CT molecular complexity index is 1290. The second-order valence-electron chi connectivity index (χ2n) is 5.84. The molecular formula is C18H9F4N3O2S. The molecular weight excluding hydrogens is 398 g/mol. The van der Waals surface area contributed by atoms with Crippen LogP contribution < -0.4 is 10.7 Å². The maximum atomic E-state index is 13.3. The lowest BCUT2D eigenvalue weighted by molar-refractivity contribution is -0.136. The van der Waals surface area contributed by atoms with E-state index in [-0.39, 0.29) is 16.1 Å². The fourth-order valence-corrected chi connectivity index (χ4v) is 3.66. The summed E-state index contributed by atoms with van der Waals surface area (Å²) >= 11 is 1.01. The molecule has 0 fully saturated rings. The van der Waals surface area contributed by atoms with Gasteiger partial charge in [-0.1, -0.05) is 17.4 Å². The van der Waals surface area contributed by atoms with Crippen molar-refractivity contribution in [3.05, 3.63) is 69.8 Å². The van der Waals surface area contributed by atoms with Crippen molar-refractivity contribution < 1.29 is 22.4 Å². The molecule has 1 amide bonds. The average Bonchev–Trinajstić information content (AvgIpc) is 3.02. The number of nitrogens with zero attached hydrogens (tertiary/aromatic N) is 1. The Balaban J connectivity index is 1.73. The minimum atomic E-state index is -4.65. The van der Waals surface area contributed by atoms with Gasteiger partial charge < -0.3 is 4.98 Å². The third kappa shape index (κ3) is 3.11. The van der Waals surface area contributed by atoms with Crippen molar-refractivity contribution in [3.8, 4) is 0 Å². The number of fused-ring (bicyclic) bond motifs is 2. The van der Waals surface area contributed by atoms with Gasteiger partial charge >= 0.3 is 6.18 Å². The second-order valence-corrected chi connectivity index (χ2v) is 6.87. The third-order valence-electron chi connectivity index (χ3n) is 4.04. The maximum absolute atomic E-state index is 13.3. The molecule has 28 heavy (non-hydrogen) atoms. The van der Waals surface area contributed by atoms with E-state index < -0.39 is 34.4 Å². The Kier molecular flexibility index (Phi) is 4.15. The molecule has 0 aliphatic rings. The van der Waals surface area contributed by atoms with E-state index in [0.717, 1.165) is 29.7 Å². The number of amides is 1. The van der Waals surface area contributed by atoms with Crippen molar-refractivity contribution in [3.63, 3.8) is 0 Å². The number of benzene rings is 2. The van der Waals surface area contributed by atoms with E-state index in [4.69, 9.17) is 0 Å². The quantitative estimate of drug-likeness (QED) is 0.479. The summed E-state index contributed by atoms with van der Waals surface area (Å²) in [5.41, 5.74) is -2.14. The first-order valence-electron chi connectivity index (χ1n) is 7.83. The first-order chi connectivity index (χ1) is 13.2. The van der Waals surface area contributed by atoms with Gasteiger partial charge in [-0.3, -0.25) is 14.9 Å². The van der Waals surface area contributed by atoms with Crippen LogP contribution in [-0.4, -0.2) is 15.9 Å². The number of rotatable bonds is 2. The number of carbonyl (C=O) groups is 1. The van der Waals surface area contributed by atoms with Gasteiger partial charge in [-0.25, -0.2) is 9.37 Å². The number of H-pyrrole nitrogens is 1. The fourth-order valence-electron chi connectivity index (χ4n) is 2.77. The van der Waals surface area contributed by atoms with Gasteiger partial charge in [0.05, 0.1) is 21.3 Å². The van der Waals surface area contributed by atoms with E-state index in [1.165, 1.54) is 24.3 Å². The number of hydrogen-bond acceptors (Lipinski definition) is 4. The first kappa shape index (κ1) is 18.1. The summed E-state index contributed by atoms with van der Waals surface area (Å²) < 4.78 is 53.0. The lowest BCUT2D eigenvalue weighted by Gasteiger charge is -2.10. The van der Waals surface area contributed by atoms with E-state index in [9.17, 15) is 27.2 Å². The Hall–Kier alpha value is -3.27. The molecule has 2 N–H and O–H groups in total. The monoisotopic (exact) mass is 407 g/mol. The predicted octanol–water partition coefficient (Wildman–Crippen LogP) is 4.55. The van der Waals surface area contributed by atoms with Crippen molar-refractivity contribution >= 4 is 43.5 Å². The summed E-state index contributed by atoms with van der Waals surface area (Å²) in [5, 5.41) is 2.30. The van der Waals surface area contributed by atoms with Crippen molar-refractivity contribution in [1.82, 2.24) is 9.97 Å². The summed E-state index contributed by atoms with van der Waals surface area (Å²) in [7, 11) is 0. The number of pyridine rings is 1. The fraction of sp³-hybridized carbons (Fsp3) is 0.0556. The predicted molar refractivity (Wildman–Crippen MR) is 97.1 cm³/mol. The van der Waals surface area contributed by atoms with Crippen LogP contribution in [0.5, 0.6) is 0 Å². The zero-order valence-electron chi connectivity index (χ0n) is 13.7. The number of aromatic amines is 1. The number of anilines is 1. The summed E-state index contributed by atoms with van der Waals surface area (Å²) in [6.07, 6.45) is -3.72. The number of alkyl halides is 3. The molecule has 2 heterocycles. The zero-order valence-corrected chi connectivity index (χ0v) is 14.5. The molecule has 0 aliphatic carbocycles. The highest BCUT2D eigenvalue weighted by atomic mass is 32.1. The zero-order chi connectivity index (χ0) is 20.1. The molecule has 0 radical (unpaired) electrons. The standard InChI is InChI=1S/C18H9F4N3O2S/c19-8-4-5-12-13(6-8)28-17(24-12)25-16(27)10-7-23-14-9(15(10)26)2-1-3-11(14)18(20,21)22/h1-7H,(H,23,26)(H,24,25,27). The van der Waals surface area contributed by atoms with Crippen molar-refractivity contribution in [2.45, 2.75) is 6.18 Å². The van der Waals surface area contributed by atoms with Crippen LogP contribution in [-0.2, 0) is 6.18 Å². The van der Waals surface area contributed by atoms with E-state index in [0.29, 0.717) is 10.2 Å². The molecule has 4 rings (SSSR count). The number of para-hydroxylation sites is 1. The molecule has 0 atom stereocenters. The number of carbonyl (C=O) groups excluding carboxylic acids is 1. The maximum Gasteiger partial charge on any atom is 0.418 e. The Morgan fingerprint density at radius 1 is 1.18 bits per heavy atom. The van der Waals surface area contributed by atoms with Crippen molar-refractivity contribution in [1.29, 1.82) is 0 Å². The highest BCUT2D eigenvalue weighted by molar-refractivity contribution is 7.22. The van der Waals surface area contributed by atoms with Gasteiger partial charge in [-0.15, -0.1) is 0 Å². The highest BCUT2D eigenvalue weighted by Crippen LogP contribution is 2.33. The topological polar surface area (TPSA) is 74.8 Å². The summed E-state index contributed by atoms with van der Waals surface area (Å²) in [4.78, 5) is 31.5. The van der Waals surface area contributed by atoms with Crippen LogP contribution in [0.1, 0.15) is 15.9 Å². The molecule has 5 nitrogen and oxygen atoms in total. The smallest absolute Gasteiger partial charge is 0.360 e. The Morgan fingerprint density at radius 2 is 1.96 bits per heavy atom. The van der Waals surface area contributed by atoms with Gasteiger partial charge in [0.1, 0.15) is 11.4 Å². The van der Waals surface area contributed by atoms with Crippen LogP contribution >= 0.6 is 11.3 Å². The van der Waals surface area contributed by atoms with Gasteiger partial charge in [-0.05, 0) is 30.3 Å². The molecule has 0 unspecified atom stereocenters. The Morgan fingerprint density at radius 3 is 2.71 bits per heavy atom. The largest absolute Gasteiger partial charge is 0.418 e. The molecule has 2 aromatic carbocycles. The minimum absolute atomic E-state index is 0.133. The molecule has 4 aromatic rings. The molecule has 10 heteroatoms. The number of thiazole rings is 1. The van der Waals surface area contributed by atoms with Crippen LogP contribution in [0.2, 0.25) is 0 Å². The van der Waals surface area contributed by atoms with E-state index in [1.54, 1.807) is 0 Å². The first-order valence-corrected chi connectivity index (χ1v) is 8.65. The van der Waals surface area contributed by atoms with E-state index in [1.807, 2.05) is 0 Å². The van der Waals surface area contributed by atoms with Gasteiger partial charge in [0.15, 0.2) is 5.13 Å². The lowest BCUT2D eigenvalue weighted by atomic mass is 10.1. The third-order valence-corrected chi connectivity index (χ3v) is 4.97. The molecule has 0 aliphatic heterocycles. The number of nitrogens with one attached hydrogen (secondary N) is 2. The van der Waals surface area contributed by atoms with Gasteiger partial charge in [0.2, 0.25) is 5.43 Å². The SMILES string of the molecule is O=C(Nc1nc2ccc(F)cc2s1)c1c[nH]c2c(C(F)(F)F)cccc2c1=O. The minimum Gasteiger partial charge on any atom is -0.360 e. The van der Waals surface area contributed by atoms with Gasteiger partial charge in [0.25, 0.3) is 5.91 Å². The molecule has 0 spiro atoms. The van der Waals surface area contributed by atoms with Gasteiger partial charge in [-0.2, -0.15) is 13.2 Å². The number of aromatic nitrogens is 2. The second kappa shape index (κ2) is 6.41. The number of halogens is 4. The molecule has 0 bridgehead atoms. The normalized spacial score (nSPS) is 11.9. The van der Waals surface area contributed by atoms with Crippen molar-refractivity contribution in [2.24, 2.45) is 0 Å². The average molecular weight is 407 g/mol. The molecule has 2 aromatic heterocycles. The summed E-state index contributed by atoms with van der Waals surface area (Å²) in [6.45, 7) is 0.